The van der Waals surface area contributed by atoms with E-state index < -0.39 is 0 Å². The van der Waals surface area contributed by atoms with Gasteiger partial charge in [-0.05, 0) is 28.4 Å². The van der Waals surface area contributed by atoms with Crippen LogP contribution < -0.4 is 5.32 Å². The van der Waals surface area contributed by atoms with Gasteiger partial charge in [0.1, 0.15) is 5.82 Å². The Labute approximate surface area is 90.3 Å². The number of anilines is 1. The Hall–Kier alpha value is -0.320. The van der Waals surface area contributed by atoms with Crippen LogP contribution in [0.1, 0.15) is 6.42 Å². The van der Waals surface area contributed by atoms with Crippen molar-refractivity contribution in [3.05, 3.63) is 21.8 Å². The Bertz CT molecular complexity index is 283. The molecule has 1 aromatic rings. The van der Waals surface area contributed by atoms with Crippen molar-refractivity contribution in [2.24, 2.45) is 0 Å². The standard InChI is InChI=1S/C8H10BrClN2O/c9-6-4-7(10)8(12-5-6)11-2-1-3-13/h4-5,13H,1-3H2,(H,11,12). The number of rotatable bonds is 4. The maximum atomic E-state index is 8.56. The molecule has 0 fully saturated rings. The van der Waals surface area contributed by atoms with Crippen molar-refractivity contribution in [1.29, 1.82) is 0 Å². The number of nitrogens with one attached hydrogen (secondary N) is 1. The number of hydrogen-bond donors (Lipinski definition) is 2. The van der Waals surface area contributed by atoms with Crippen molar-refractivity contribution >= 4 is 33.3 Å². The Morgan fingerprint density at radius 3 is 3.00 bits per heavy atom. The molecule has 0 unspecified atom stereocenters. The average Bonchev–Trinajstić information content (AvgIpc) is 2.09. The van der Waals surface area contributed by atoms with Crippen LogP contribution in [0.2, 0.25) is 5.02 Å². The van der Waals surface area contributed by atoms with Crippen molar-refractivity contribution in [3.8, 4) is 0 Å². The summed E-state index contributed by atoms with van der Waals surface area (Å²) in [5, 5.41) is 12.2. The van der Waals surface area contributed by atoms with Crippen LogP contribution >= 0.6 is 27.5 Å². The zero-order valence-electron chi connectivity index (χ0n) is 6.93. The lowest BCUT2D eigenvalue weighted by molar-refractivity contribution is 0.292. The van der Waals surface area contributed by atoms with Crippen LogP contribution in [-0.2, 0) is 0 Å². The summed E-state index contributed by atoms with van der Waals surface area (Å²) in [5.74, 6) is 0.651. The smallest absolute Gasteiger partial charge is 0.144 e. The Kier molecular flexibility index (Phi) is 4.48. The van der Waals surface area contributed by atoms with Gasteiger partial charge in [0.2, 0.25) is 0 Å². The zero-order chi connectivity index (χ0) is 9.68. The zero-order valence-corrected chi connectivity index (χ0v) is 9.27. The van der Waals surface area contributed by atoms with Crippen LogP contribution in [0.15, 0.2) is 16.7 Å². The first-order valence-corrected chi connectivity index (χ1v) is 5.07. The summed E-state index contributed by atoms with van der Waals surface area (Å²) in [6.07, 6.45) is 2.36. The van der Waals surface area contributed by atoms with Gasteiger partial charge in [-0.25, -0.2) is 4.98 Å². The van der Waals surface area contributed by atoms with E-state index in [1.54, 1.807) is 12.3 Å². The molecule has 5 heteroatoms. The van der Waals surface area contributed by atoms with E-state index in [1.807, 2.05) is 0 Å². The molecule has 13 heavy (non-hydrogen) atoms. The van der Waals surface area contributed by atoms with Crippen molar-refractivity contribution in [2.75, 3.05) is 18.5 Å². The normalized spacial score (nSPS) is 10.1. The van der Waals surface area contributed by atoms with Gasteiger partial charge < -0.3 is 10.4 Å². The topological polar surface area (TPSA) is 45.1 Å². The summed E-state index contributed by atoms with van der Waals surface area (Å²) >= 11 is 9.15. The Morgan fingerprint density at radius 1 is 1.62 bits per heavy atom. The number of aromatic nitrogens is 1. The summed E-state index contributed by atoms with van der Waals surface area (Å²) in [5.41, 5.74) is 0. The number of pyridine rings is 1. The Morgan fingerprint density at radius 2 is 2.38 bits per heavy atom. The molecular weight excluding hydrogens is 255 g/mol. The molecule has 0 atom stereocenters. The SMILES string of the molecule is OCCCNc1ncc(Br)cc1Cl. The molecule has 72 valence electrons. The van der Waals surface area contributed by atoms with E-state index in [0.717, 1.165) is 4.47 Å². The van der Waals surface area contributed by atoms with Gasteiger partial charge in [-0.3, -0.25) is 0 Å². The molecular formula is C8H10BrClN2O. The molecule has 2 N–H and O–H groups in total. The van der Waals surface area contributed by atoms with Crippen LogP contribution in [0.25, 0.3) is 0 Å². The van der Waals surface area contributed by atoms with Crippen LogP contribution in [0.4, 0.5) is 5.82 Å². The average molecular weight is 266 g/mol. The fourth-order valence-electron chi connectivity index (χ4n) is 0.830. The summed E-state index contributed by atoms with van der Waals surface area (Å²) in [7, 11) is 0. The van der Waals surface area contributed by atoms with Gasteiger partial charge in [0.25, 0.3) is 0 Å². The van der Waals surface area contributed by atoms with Crippen LogP contribution in [-0.4, -0.2) is 23.2 Å². The van der Waals surface area contributed by atoms with Gasteiger partial charge in [-0.2, -0.15) is 0 Å². The van der Waals surface area contributed by atoms with Crippen LogP contribution in [0, 0.1) is 0 Å². The lowest BCUT2D eigenvalue weighted by Crippen LogP contribution is -2.05. The largest absolute Gasteiger partial charge is 0.396 e. The molecule has 0 amide bonds. The summed E-state index contributed by atoms with van der Waals surface area (Å²) < 4.78 is 0.852. The number of halogens is 2. The lowest BCUT2D eigenvalue weighted by Gasteiger charge is -2.05. The molecule has 1 heterocycles. The van der Waals surface area contributed by atoms with Crippen molar-refractivity contribution in [3.63, 3.8) is 0 Å². The fourth-order valence-corrected chi connectivity index (χ4v) is 1.53. The minimum Gasteiger partial charge on any atom is -0.396 e. The maximum Gasteiger partial charge on any atom is 0.144 e. The predicted octanol–water partition coefficient (Wildman–Crippen LogP) is 2.29. The molecule has 1 rings (SSSR count). The predicted molar refractivity (Wildman–Crippen MR) is 57.1 cm³/mol. The first kappa shape index (κ1) is 10.8. The van der Waals surface area contributed by atoms with Gasteiger partial charge in [-0.15, -0.1) is 0 Å². The molecule has 0 aliphatic heterocycles. The number of hydrogen-bond acceptors (Lipinski definition) is 3. The second-order valence-corrected chi connectivity index (χ2v) is 3.81. The molecule has 0 aromatic carbocycles. The third-order valence-electron chi connectivity index (χ3n) is 1.44. The van der Waals surface area contributed by atoms with Gasteiger partial charge >= 0.3 is 0 Å². The second-order valence-electron chi connectivity index (χ2n) is 2.49. The van der Waals surface area contributed by atoms with E-state index in [2.05, 4.69) is 26.2 Å². The van der Waals surface area contributed by atoms with E-state index >= 15 is 0 Å². The molecule has 0 radical (unpaired) electrons. The Balaban J connectivity index is 2.56. The van der Waals surface area contributed by atoms with Gasteiger partial charge in [0.05, 0.1) is 5.02 Å². The number of aliphatic hydroxyl groups is 1. The molecule has 1 aromatic heterocycles. The minimum absolute atomic E-state index is 0.168. The third kappa shape index (κ3) is 3.50. The van der Waals surface area contributed by atoms with E-state index in [4.69, 9.17) is 16.7 Å². The van der Waals surface area contributed by atoms with Gasteiger partial charge in [0, 0.05) is 23.8 Å². The lowest BCUT2D eigenvalue weighted by atomic mass is 10.4. The first-order valence-electron chi connectivity index (χ1n) is 3.90. The van der Waals surface area contributed by atoms with E-state index in [0.29, 0.717) is 23.8 Å². The van der Waals surface area contributed by atoms with Crippen molar-refractivity contribution in [1.82, 2.24) is 4.98 Å². The minimum atomic E-state index is 0.168. The van der Waals surface area contributed by atoms with Crippen LogP contribution in [0.3, 0.4) is 0 Å². The van der Waals surface area contributed by atoms with E-state index in [-0.39, 0.29) is 6.61 Å². The first-order chi connectivity index (χ1) is 6.24. The molecule has 0 aliphatic rings. The van der Waals surface area contributed by atoms with Gasteiger partial charge in [-0.1, -0.05) is 11.6 Å². The summed E-state index contributed by atoms with van der Waals surface area (Å²) in [6, 6.07) is 1.77. The molecule has 3 nitrogen and oxygen atoms in total. The third-order valence-corrected chi connectivity index (χ3v) is 2.16. The number of aliphatic hydroxyl groups excluding tert-OH is 1. The van der Waals surface area contributed by atoms with Crippen molar-refractivity contribution in [2.45, 2.75) is 6.42 Å². The quantitative estimate of drug-likeness (QED) is 0.821. The highest BCUT2D eigenvalue weighted by Gasteiger charge is 2.00. The summed E-state index contributed by atoms with van der Waals surface area (Å²) in [6.45, 7) is 0.839. The molecule has 0 saturated heterocycles. The molecule has 0 spiro atoms. The monoisotopic (exact) mass is 264 g/mol. The van der Waals surface area contributed by atoms with Gasteiger partial charge in [0.15, 0.2) is 0 Å². The highest BCUT2D eigenvalue weighted by atomic mass is 79.9. The molecule has 0 saturated carbocycles. The van der Waals surface area contributed by atoms with E-state index in [1.165, 1.54) is 0 Å². The van der Waals surface area contributed by atoms with Crippen molar-refractivity contribution < 1.29 is 5.11 Å². The van der Waals surface area contributed by atoms with Crippen LogP contribution in [0.5, 0.6) is 0 Å². The highest BCUT2D eigenvalue weighted by molar-refractivity contribution is 9.10. The molecule has 0 bridgehead atoms. The second kappa shape index (κ2) is 5.42. The highest BCUT2D eigenvalue weighted by Crippen LogP contribution is 2.22. The maximum absolute atomic E-state index is 8.56. The number of nitrogens with zero attached hydrogens (tertiary/aromatic N) is 1. The fraction of sp³-hybridized carbons (Fsp3) is 0.375. The molecule has 0 aliphatic carbocycles. The van der Waals surface area contributed by atoms with E-state index in [9.17, 15) is 0 Å². The summed E-state index contributed by atoms with van der Waals surface area (Å²) in [4.78, 5) is 4.08.